The van der Waals surface area contributed by atoms with Crippen molar-refractivity contribution < 1.29 is 33.4 Å². The molecule has 0 aromatic heterocycles. The number of aliphatic hydroxyl groups is 1. The summed E-state index contributed by atoms with van der Waals surface area (Å²) in [5.41, 5.74) is -2.66. The van der Waals surface area contributed by atoms with Crippen molar-refractivity contribution >= 4 is 15.2 Å². The molecule has 0 aliphatic rings. The number of aliphatic hydroxyl groups excluding tert-OH is 1. The Morgan fingerprint density at radius 1 is 0.905 bits per heavy atom. The van der Waals surface area contributed by atoms with Crippen LogP contribution in [0.25, 0.3) is 0 Å². The van der Waals surface area contributed by atoms with E-state index in [9.17, 15) is 9.13 Å². The second kappa shape index (κ2) is 13.8. The first-order chi connectivity index (χ1) is 8.22. The SMILES string of the molecule is CCCCCCCCOP(=O)(O)C(O)P(=O)(O)O.N.N.N. The van der Waals surface area contributed by atoms with Gasteiger partial charge in [-0.2, -0.15) is 0 Å². The normalized spacial score (nSPS) is 14.9. The zero-order chi connectivity index (χ0) is 14.2. The van der Waals surface area contributed by atoms with Crippen molar-refractivity contribution in [2.75, 3.05) is 6.61 Å². The van der Waals surface area contributed by atoms with Gasteiger partial charge in [0.2, 0.25) is 0 Å². The molecule has 0 amide bonds. The highest BCUT2D eigenvalue weighted by atomic mass is 31.2. The second-order valence-corrected chi connectivity index (χ2v) is 8.05. The first-order valence-corrected chi connectivity index (χ1v) is 9.25. The van der Waals surface area contributed by atoms with Gasteiger partial charge in [0.1, 0.15) is 0 Å². The summed E-state index contributed by atoms with van der Waals surface area (Å²) in [5.74, 6) is 0. The van der Waals surface area contributed by atoms with Gasteiger partial charge in [0.25, 0.3) is 5.59 Å². The summed E-state index contributed by atoms with van der Waals surface area (Å²) in [7, 11) is -9.71. The number of hydrogen-bond acceptors (Lipinski definition) is 7. The Bertz CT molecular complexity index is 326. The fraction of sp³-hybridized carbons (Fsp3) is 1.00. The van der Waals surface area contributed by atoms with Crippen LogP contribution in [0.1, 0.15) is 45.4 Å². The molecule has 0 aromatic carbocycles. The van der Waals surface area contributed by atoms with Crippen LogP contribution in [0.3, 0.4) is 0 Å². The maximum atomic E-state index is 11.3. The summed E-state index contributed by atoms with van der Waals surface area (Å²) < 4.78 is 26.4. The van der Waals surface area contributed by atoms with Gasteiger partial charge in [-0.1, -0.05) is 39.0 Å². The van der Waals surface area contributed by atoms with E-state index in [0.29, 0.717) is 6.42 Å². The Labute approximate surface area is 125 Å². The number of hydrogen-bond donors (Lipinski definition) is 7. The van der Waals surface area contributed by atoms with E-state index in [0.717, 1.165) is 32.1 Å². The summed E-state index contributed by atoms with van der Waals surface area (Å²) in [4.78, 5) is 26.3. The molecule has 0 saturated carbocycles. The van der Waals surface area contributed by atoms with Crippen molar-refractivity contribution in [2.45, 2.75) is 51.0 Å². The predicted molar refractivity (Wildman–Crippen MR) is 82.3 cm³/mol. The van der Waals surface area contributed by atoms with Crippen molar-refractivity contribution in [3.8, 4) is 0 Å². The molecule has 0 bridgehead atoms. The van der Waals surface area contributed by atoms with E-state index >= 15 is 0 Å². The van der Waals surface area contributed by atoms with Crippen LogP contribution in [-0.2, 0) is 13.7 Å². The van der Waals surface area contributed by atoms with E-state index in [1.165, 1.54) is 0 Å². The van der Waals surface area contributed by atoms with Gasteiger partial charge in [0.05, 0.1) is 6.61 Å². The molecule has 13 N–H and O–H groups in total. The highest BCUT2D eigenvalue weighted by molar-refractivity contribution is 7.70. The third kappa shape index (κ3) is 13.5. The first-order valence-electron chi connectivity index (χ1n) is 5.92. The minimum Gasteiger partial charge on any atom is -0.370 e. The highest BCUT2D eigenvalue weighted by Crippen LogP contribution is 2.61. The van der Waals surface area contributed by atoms with Gasteiger partial charge in [0, 0.05) is 0 Å². The minimum absolute atomic E-state index is 0. The highest BCUT2D eigenvalue weighted by Gasteiger charge is 2.44. The molecular weight excluding hydrogens is 324 g/mol. The number of unbranched alkanes of at least 4 members (excludes halogenated alkanes) is 5. The van der Waals surface area contributed by atoms with Crippen molar-refractivity contribution in [2.24, 2.45) is 0 Å². The Morgan fingerprint density at radius 3 is 1.76 bits per heavy atom. The van der Waals surface area contributed by atoms with Crippen LogP contribution in [-0.4, -0.2) is 32.0 Å². The largest absolute Gasteiger partial charge is 0.370 e. The molecular formula is C9H31N3O7P2. The van der Waals surface area contributed by atoms with Gasteiger partial charge < -0.3 is 42.8 Å². The molecule has 0 aromatic rings. The van der Waals surface area contributed by atoms with E-state index in [1.54, 1.807) is 0 Å². The molecule has 0 radical (unpaired) electrons. The van der Waals surface area contributed by atoms with Crippen molar-refractivity contribution in [1.82, 2.24) is 18.5 Å². The lowest BCUT2D eigenvalue weighted by Crippen LogP contribution is -2.10. The average molecular weight is 355 g/mol. The lowest BCUT2D eigenvalue weighted by Gasteiger charge is -2.18. The topological polar surface area (TPSA) is 229 Å². The van der Waals surface area contributed by atoms with Gasteiger partial charge in [-0.15, -0.1) is 0 Å². The van der Waals surface area contributed by atoms with Crippen LogP contribution < -0.4 is 18.5 Å². The monoisotopic (exact) mass is 355 g/mol. The third-order valence-electron chi connectivity index (χ3n) is 2.37. The van der Waals surface area contributed by atoms with E-state index < -0.39 is 20.8 Å². The molecule has 0 aliphatic carbocycles. The Hall–Kier alpha value is 0.140. The maximum absolute atomic E-state index is 11.3. The number of rotatable bonds is 10. The molecule has 0 spiro atoms. The van der Waals surface area contributed by atoms with Crippen LogP contribution >= 0.6 is 15.2 Å². The van der Waals surface area contributed by atoms with Crippen molar-refractivity contribution in [3.63, 3.8) is 0 Å². The van der Waals surface area contributed by atoms with Crippen LogP contribution in [0.5, 0.6) is 0 Å². The quantitative estimate of drug-likeness (QED) is 0.223. The van der Waals surface area contributed by atoms with Gasteiger partial charge in [0.15, 0.2) is 0 Å². The smallest absolute Gasteiger partial charge is 0.368 e. The lowest BCUT2D eigenvalue weighted by molar-refractivity contribution is 0.186. The van der Waals surface area contributed by atoms with Gasteiger partial charge in [-0.25, -0.2) is 0 Å². The molecule has 0 heterocycles. The van der Waals surface area contributed by atoms with E-state index in [2.05, 4.69) is 11.4 Å². The maximum Gasteiger partial charge on any atom is 0.368 e. The summed E-state index contributed by atoms with van der Waals surface area (Å²) in [5, 5.41) is 8.98. The predicted octanol–water partition coefficient (Wildman–Crippen LogP) is 2.49. The van der Waals surface area contributed by atoms with Crippen LogP contribution in [0.15, 0.2) is 0 Å². The van der Waals surface area contributed by atoms with E-state index in [4.69, 9.17) is 19.8 Å². The molecule has 21 heavy (non-hydrogen) atoms. The second-order valence-electron chi connectivity index (χ2n) is 4.10. The van der Waals surface area contributed by atoms with Crippen LogP contribution in [0.2, 0.25) is 0 Å². The molecule has 0 saturated heterocycles. The molecule has 0 fully saturated rings. The first kappa shape index (κ1) is 29.2. The van der Waals surface area contributed by atoms with Gasteiger partial charge >= 0.3 is 15.2 Å². The van der Waals surface area contributed by atoms with E-state index in [-0.39, 0.29) is 25.1 Å². The Kier molecular flexibility index (Phi) is 19.2. The summed E-state index contributed by atoms with van der Waals surface area (Å²) in [6, 6.07) is 0. The standard InChI is InChI=1S/C9H22O7P2.3H3N/c1-2-3-4-5-6-7-8-16-18(14,15)9(10)17(11,12)13;;;/h9-10H,2-8H2,1H3,(H,14,15)(H2,11,12,13);3*1H3. The molecule has 0 aliphatic heterocycles. The molecule has 10 nitrogen and oxygen atoms in total. The molecule has 12 heteroatoms. The van der Waals surface area contributed by atoms with Gasteiger partial charge in [-0.05, 0) is 6.42 Å². The van der Waals surface area contributed by atoms with Gasteiger partial charge in [-0.3, -0.25) is 9.13 Å². The summed E-state index contributed by atoms with van der Waals surface area (Å²) >= 11 is 0. The molecule has 2 atom stereocenters. The average Bonchev–Trinajstić information content (AvgIpc) is 2.25. The van der Waals surface area contributed by atoms with Crippen molar-refractivity contribution in [3.05, 3.63) is 0 Å². The molecule has 0 rings (SSSR count). The van der Waals surface area contributed by atoms with E-state index in [1.807, 2.05) is 0 Å². The fourth-order valence-electron chi connectivity index (χ4n) is 1.33. The zero-order valence-electron chi connectivity index (χ0n) is 12.6. The Morgan fingerprint density at radius 2 is 1.33 bits per heavy atom. The summed E-state index contributed by atoms with van der Waals surface area (Å²) in [6.07, 6.45) is 5.65. The van der Waals surface area contributed by atoms with Crippen LogP contribution in [0, 0.1) is 0 Å². The lowest BCUT2D eigenvalue weighted by atomic mass is 10.1. The minimum atomic E-state index is -5.03. The zero-order valence-corrected chi connectivity index (χ0v) is 14.3. The molecule has 134 valence electrons. The van der Waals surface area contributed by atoms with Crippen molar-refractivity contribution in [1.29, 1.82) is 0 Å². The Balaban J connectivity index is -0.000000482. The molecule has 2 unspecified atom stereocenters. The third-order valence-corrected chi connectivity index (χ3v) is 5.88. The van der Waals surface area contributed by atoms with Crippen LogP contribution in [0.4, 0.5) is 0 Å². The fourth-order valence-corrected chi connectivity index (χ4v) is 3.58. The summed E-state index contributed by atoms with van der Waals surface area (Å²) in [6.45, 7) is 1.99.